The highest BCUT2D eigenvalue weighted by Gasteiger charge is 2.72. The summed E-state index contributed by atoms with van der Waals surface area (Å²) in [6, 6.07) is 3.25. The molecule has 6 rings (SSSR count). The summed E-state index contributed by atoms with van der Waals surface area (Å²) >= 11 is 0. The van der Waals surface area contributed by atoms with Crippen molar-refractivity contribution in [3.63, 3.8) is 0 Å². The maximum Gasteiger partial charge on any atom is 0.514 e. The lowest BCUT2D eigenvalue weighted by Gasteiger charge is -2.61. The van der Waals surface area contributed by atoms with Gasteiger partial charge in [0.2, 0.25) is 0 Å². The average Bonchev–Trinajstić information content (AvgIpc) is 3.55. The summed E-state index contributed by atoms with van der Waals surface area (Å²) < 4.78 is 45.5. The van der Waals surface area contributed by atoms with E-state index in [1.54, 1.807) is 46.8 Å². The van der Waals surface area contributed by atoms with Crippen LogP contribution in [0.2, 0.25) is 0 Å². The Morgan fingerprint density at radius 3 is 2.46 bits per heavy atom. The lowest BCUT2D eigenvalue weighted by molar-refractivity contribution is -0.182. The van der Waals surface area contributed by atoms with E-state index in [2.05, 4.69) is 4.90 Å². The molecule has 14 nitrogen and oxygen atoms in total. The fourth-order valence-electron chi connectivity index (χ4n) is 7.86. The Morgan fingerprint density at radius 2 is 1.78 bits per heavy atom. The molecule has 2 aliphatic carbocycles. The van der Waals surface area contributed by atoms with Crippen molar-refractivity contribution in [1.82, 2.24) is 4.90 Å². The van der Waals surface area contributed by atoms with Gasteiger partial charge in [-0.3, -0.25) is 0 Å². The molecule has 14 heteroatoms. The van der Waals surface area contributed by atoms with Crippen LogP contribution in [0.4, 0.5) is 4.79 Å². The van der Waals surface area contributed by atoms with E-state index in [9.17, 15) is 24.3 Å². The van der Waals surface area contributed by atoms with Crippen LogP contribution >= 0.6 is 0 Å². The molecule has 1 N–H and O–H groups in total. The smallest absolute Gasteiger partial charge is 0.477 e. The summed E-state index contributed by atoms with van der Waals surface area (Å²) in [6.07, 6.45) is -1.92. The van der Waals surface area contributed by atoms with E-state index in [0.717, 1.165) is 17.5 Å². The zero-order valence-corrected chi connectivity index (χ0v) is 29.9. The number of benzene rings is 1. The lowest BCUT2D eigenvalue weighted by atomic mass is 9.50. The number of ether oxygens (including phenoxy) is 8. The zero-order valence-electron chi connectivity index (χ0n) is 29.9. The summed E-state index contributed by atoms with van der Waals surface area (Å²) in [7, 11) is 1.97. The molecule has 1 aromatic rings. The monoisotopic (exact) mass is 701 g/mol. The van der Waals surface area contributed by atoms with Gasteiger partial charge in [-0.15, -0.1) is 0 Å². The van der Waals surface area contributed by atoms with Crippen LogP contribution in [-0.2, 0) is 54.6 Å². The number of piperidine rings is 1. The van der Waals surface area contributed by atoms with E-state index < -0.39 is 70.9 Å². The summed E-state index contributed by atoms with van der Waals surface area (Å²) in [5.74, 6) is -3.41. The SMILES string of the molecule is CCCCOC(=O)[C@@H]1OC(C)(C)O[C@H]1C(=O)O[C@@H](C)C(=O)OC1=CC[C@@]2(O)[C@H]3Cc4ccc(OC(=O)OC(C)(C)C)c5c4[C@@]2(CCN3C)[C@H]1O5. The van der Waals surface area contributed by atoms with Gasteiger partial charge in [0.15, 0.2) is 41.7 Å². The minimum Gasteiger partial charge on any atom is -0.477 e. The van der Waals surface area contributed by atoms with Crippen molar-refractivity contribution in [3.05, 3.63) is 35.1 Å². The van der Waals surface area contributed by atoms with Gasteiger partial charge >= 0.3 is 24.1 Å². The third kappa shape index (κ3) is 6.13. The molecule has 1 spiro atoms. The number of carbonyl (C=O) groups excluding carboxylic acids is 4. The number of carbonyl (C=O) groups is 4. The molecule has 0 radical (unpaired) electrons. The molecule has 0 amide bonds. The average molecular weight is 702 g/mol. The second-order valence-electron chi connectivity index (χ2n) is 15.1. The fraction of sp³-hybridized carbons (Fsp3) is 0.667. The van der Waals surface area contributed by atoms with E-state index in [1.807, 2.05) is 20.0 Å². The van der Waals surface area contributed by atoms with E-state index in [-0.39, 0.29) is 36.3 Å². The van der Waals surface area contributed by atoms with E-state index in [4.69, 9.17) is 37.9 Å². The number of hydrogen-bond donors (Lipinski definition) is 1. The molecule has 0 unspecified atom stereocenters. The van der Waals surface area contributed by atoms with Gasteiger partial charge < -0.3 is 47.9 Å². The van der Waals surface area contributed by atoms with Gasteiger partial charge in [-0.25, -0.2) is 19.2 Å². The Morgan fingerprint density at radius 1 is 1.08 bits per heavy atom. The minimum absolute atomic E-state index is 0.124. The Bertz CT molecular complexity index is 1600. The van der Waals surface area contributed by atoms with Crippen LogP contribution in [0, 0.1) is 0 Å². The molecule has 0 aromatic heterocycles. The molecule has 0 saturated carbocycles. The maximum atomic E-state index is 13.5. The van der Waals surface area contributed by atoms with E-state index >= 15 is 0 Å². The number of esters is 3. The van der Waals surface area contributed by atoms with Crippen molar-refractivity contribution in [2.45, 2.75) is 133 Å². The molecule has 3 aliphatic heterocycles. The number of likely N-dealkylation sites (N-methyl/N-ethyl adjacent to an activating group) is 1. The van der Waals surface area contributed by atoms with Gasteiger partial charge in [0, 0.05) is 18.0 Å². The molecule has 274 valence electrons. The zero-order chi connectivity index (χ0) is 36.4. The van der Waals surface area contributed by atoms with Gasteiger partial charge in [0.25, 0.3) is 0 Å². The first-order chi connectivity index (χ1) is 23.4. The number of rotatable bonds is 9. The van der Waals surface area contributed by atoms with Crippen molar-refractivity contribution >= 4 is 24.1 Å². The highest BCUT2D eigenvalue weighted by molar-refractivity contribution is 5.88. The third-order valence-electron chi connectivity index (χ3n) is 10.1. The number of likely N-dealkylation sites (tertiary alicyclic amines) is 1. The Balaban J connectivity index is 1.23. The second-order valence-corrected chi connectivity index (χ2v) is 15.1. The molecule has 2 saturated heterocycles. The fourth-order valence-corrected chi connectivity index (χ4v) is 7.86. The Labute approximate surface area is 291 Å². The van der Waals surface area contributed by atoms with Crippen LogP contribution < -0.4 is 9.47 Å². The summed E-state index contributed by atoms with van der Waals surface area (Å²) in [5.41, 5.74) is -1.48. The van der Waals surface area contributed by atoms with Crippen LogP contribution in [0.25, 0.3) is 0 Å². The Kier molecular flexibility index (Phi) is 9.24. The number of nitrogens with zero attached hydrogens (tertiary/aromatic N) is 1. The first kappa shape index (κ1) is 36.1. The molecule has 1 aromatic carbocycles. The van der Waals surface area contributed by atoms with E-state index in [1.165, 1.54) is 6.92 Å². The molecule has 5 aliphatic rings. The van der Waals surface area contributed by atoms with Crippen molar-refractivity contribution in [1.29, 1.82) is 0 Å². The van der Waals surface area contributed by atoms with Gasteiger partial charge in [0.05, 0.1) is 17.6 Å². The van der Waals surface area contributed by atoms with Crippen molar-refractivity contribution in [2.24, 2.45) is 0 Å². The van der Waals surface area contributed by atoms with Crippen molar-refractivity contribution in [3.8, 4) is 11.5 Å². The van der Waals surface area contributed by atoms with Gasteiger partial charge in [0.1, 0.15) is 11.4 Å². The van der Waals surface area contributed by atoms with E-state index in [0.29, 0.717) is 25.8 Å². The van der Waals surface area contributed by atoms with Crippen LogP contribution in [-0.4, -0.2) is 102 Å². The largest absolute Gasteiger partial charge is 0.514 e. The van der Waals surface area contributed by atoms with Crippen molar-refractivity contribution < 1.29 is 62.2 Å². The van der Waals surface area contributed by atoms with Gasteiger partial charge in [-0.05, 0) is 92.1 Å². The molecule has 2 bridgehead atoms. The topological polar surface area (TPSA) is 166 Å². The number of hydrogen-bond acceptors (Lipinski definition) is 14. The normalized spacial score (nSPS) is 31.0. The third-order valence-corrected chi connectivity index (χ3v) is 10.1. The van der Waals surface area contributed by atoms with Gasteiger partial charge in [-0.2, -0.15) is 0 Å². The Hall–Kier alpha value is -3.72. The number of unbranched alkanes of at least 4 members (excludes halogenated alkanes) is 1. The van der Waals surface area contributed by atoms with Crippen LogP contribution in [0.15, 0.2) is 24.0 Å². The summed E-state index contributed by atoms with van der Waals surface area (Å²) in [6.45, 7) is 12.3. The molecule has 7 atom stereocenters. The lowest BCUT2D eigenvalue weighted by Crippen LogP contribution is -2.74. The highest BCUT2D eigenvalue weighted by Crippen LogP contribution is 2.65. The summed E-state index contributed by atoms with van der Waals surface area (Å²) in [5, 5.41) is 12.5. The van der Waals surface area contributed by atoms with Crippen LogP contribution in [0.5, 0.6) is 11.5 Å². The summed E-state index contributed by atoms with van der Waals surface area (Å²) in [4.78, 5) is 54.4. The molecular formula is C36H47NO13. The predicted octanol–water partition coefficient (Wildman–Crippen LogP) is 3.62. The highest BCUT2D eigenvalue weighted by atomic mass is 16.8. The predicted molar refractivity (Wildman–Crippen MR) is 173 cm³/mol. The molecule has 3 heterocycles. The molecule has 2 fully saturated rings. The quantitative estimate of drug-likeness (QED) is 0.172. The van der Waals surface area contributed by atoms with Crippen LogP contribution in [0.3, 0.4) is 0 Å². The molecule has 50 heavy (non-hydrogen) atoms. The van der Waals surface area contributed by atoms with Crippen molar-refractivity contribution in [2.75, 3.05) is 20.2 Å². The first-order valence-electron chi connectivity index (χ1n) is 17.2. The van der Waals surface area contributed by atoms with Crippen LogP contribution in [0.1, 0.15) is 85.3 Å². The first-order valence-corrected chi connectivity index (χ1v) is 17.2. The second kappa shape index (κ2) is 12.8. The van der Waals surface area contributed by atoms with Gasteiger partial charge in [-0.1, -0.05) is 19.4 Å². The number of aliphatic hydroxyl groups is 1. The minimum atomic E-state index is -1.47. The molecular weight excluding hydrogens is 654 g/mol. The standard InChI is InChI=1S/C36H47NO13/c1-9-10-17-43-30(39)26-27(49-34(6,7)48-26)31(40)44-19(2)29(38)45-22-13-14-36(42)23-18-20-11-12-21(46-32(41)50-33(3,4)5)25-24(20)35(36,28(22)47-25)15-16-37(23)8/h11-13,19,23,26-28,42H,9-10,14-18H2,1-8H3/t19-,23+,26+,27+,28-,35-,36+/m0/s1. The maximum absolute atomic E-state index is 13.5.